The minimum absolute atomic E-state index is 0.173. The van der Waals surface area contributed by atoms with E-state index < -0.39 is 17.5 Å². The van der Waals surface area contributed by atoms with Crippen LogP contribution in [-0.4, -0.2) is 10.5 Å². The summed E-state index contributed by atoms with van der Waals surface area (Å²) < 4.78 is 27.7. The molecule has 0 saturated carbocycles. The molecule has 0 bridgehead atoms. The van der Waals surface area contributed by atoms with Crippen LogP contribution in [0.25, 0.3) is 6.08 Å². The van der Waals surface area contributed by atoms with E-state index in [0.29, 0.717) is 17.3 Å². The molecule has 3 nitrogen and oxygen atoms in total. The summed E-state index contributed by atoms with van der Waals surface area (Å²) >= 11 is 6.03. The molecule has 2 heterocycles. The molecule has 1 aliphatic heterocycles. The topological polar surface area (TPSA) is 34.0 Å². The van der Waals surface area contributed by atoms with Crippen LogP contribution in [0, 0.1) is 11.6 Å². The normalized spacial score (nSPS) is 12.6. The minimum atomic E-state index is -1.02. The van der Waals surface area contributed by atoms with E-state index in [4.69, 9.17) is 11.6 Å². The number of carbonyl (C=O) groups excluding carboxylic acids is 1. The highest BCUT2D eigenvalue weighted by atomic mass is 35.5. The van der Waals surface area contributed by atoms with Gasteiger partial charge < -0.3 is 9.88 Å². The van der Waals surface area contributed by atoms with Crippen LogP contribution in [0.2, 0.25) is 5.02 Å². The van der Waals surface area contributed by atoms with Gasteiger partial charge in [-0.25, -0.2) is 8.78 Å². The number of fused-ring (bicyclic) bond motifs is 1. The molecule has 0 radical (unpaired) electrons. The van der Waals surface area contributed by atoms with Crippen LogP contribution >= 0.6 is 11.6 Å². The molecule has 6 heteroatoms. The molecule has 1 amide bonds. The van der Waals surface area contributed by atoms with E-state index in [1.165, 1.54) is 6.07 Å². The Morgan fingerprint density at radius 1 is 1.25 bits per heavy atom. The van der Waals surface area contributed by atoms with Crippen molar-refractivity contribution in [3.05, 3.63) is 58.4 Å². The number of aromatic nitrogens is 1. The molecule has 1 aliphatic rings. The smallest absolute Gasteiger partial charge is 0.273 e. The summed E-state index contributed by atoms with van der Waals surface area (Å²) in [6.45, 7) is 0.558. The Morgan fingerprint density at radius 3 is 2.80 bits per heavy atom. The van der Waals surface area contributed by atoms with Gasteiger partial charge in [0.1, 0.15) is 5.69 Å². The van der Waals surface area contributed by atoms with Gasteiger partial charge in [-0.15, -0.1) is 0 Å². The van der Waals surface area contributed by atoms with Crippen molar-refractivity contribution in [2.75, 3.05) is 5.32 Å². The Hall–Kier alpha value is -2.14. The Bertz CT molecular complexity index is 737. The van der Waals surface area contributed by atoms with Gasteiger partial charge in [0, 0.05) is 24.0 Å². The van der Waals surface area contributed by atoms with E-state index in [-0.39, 0.29) is 5.69 Å². The van der Waals surface area contributed by atoms with Crippen molar-refractivity contribution >= 4 is 29.3 Å². The molecule has 20 heavy (non-hydrogen) atoms. The maximum absolute atomic E-state index is 13.1. The first-order valence-corrected chi connectivity index (χ1v) is 6.26. The number of allylic oxidation sites excluding steroid dienone is 1. The first kappa shape index (κ1) is 12.9. The Balaban J connectivity index is 1.89. The Labute approximate surface area is 118 Å². The highest BCUT2D eigenvalue weighted by molar-refractivity contribution is 6.34. The summed E-state index contributed by atoms with van der Waals surface area (Å²) in [5, 5.41) is 2.83. The fraction of sp³-hybridized carbons (Fsp3) is 0.0714. The summed E-state index contributed by atoms with van der Waals surface area (Å²) in [5.74, 6) is -2.44. The molecule has 1 aromatic heterocycles. The molecule has 1 aromatic carbocycles. The Morgan fingerprint density at radius 2 is 2.05 bits per heavy atom. The van der Waals surface area contributed by atoms with Crippen molar-refractivity contribution < 1.29 is 13.6 Å². The number of halogens is 3. The highest BCUT2D eigenvalue weighted by Crippen LogP contribution is 2.27. The first-order chi connectivity index (χ1) is 9.56. The van der Waals surface area contributed by atoms with Gasteiger partial charge in [0.25, 0.3) is 5.91 Å². The monoisotopic (exact) mass is 294 g/mol. The van der Waals surface area contributed by atoms with E-state index in [9.17, 15) is 13.6 Å². The van der Waals surface area contributed by atoms with Gasteiger partial charge in [0.2, 0.25) is 0 Å². The van der Waals surface area contributed by atoms with Crippen LogP contribution < -0.4 is 5.32 Å². The minimum Gasteiger partial charge on any atom is -0.332 e. The Kier molecular flexibility index (Phi) is 3.06. The number of nitrogens with zero attached hydrogens (tertiary/aromatic N) is 1. The second-order valence-corrected chi connectivity index (χ2v) is 4.77. The number of anilines is 1. The second-order valence-electron chi connectivity index (χ2n) is 4.36. The first-order valence-electron chi connectivity index (χ1n) is 5.88. The lowest BCUT2D eigenvalue weighted by Crippen LogP contribution is -2.17. The van der Waals surface area contributed by atoms with Gasteiger partial charge in [0.15, 0.2) is 11.6 Å². The van der Waals surface area contributed by atoms with Crippen LogP contribution in [0.15, 0.2) is 30.3 Å². The van der Waals surface area contributed by atoms with E-state index in [1.807, 2.05) is 12.2 Å². The SMILES string of the molecule is O=C(Nc1ccc(F)c(F)c1)c1c(Cl)cc2n1CC=C2. The van der Waals surface area contributed by atoms with Crippen molar-refractivity contribution in [3.8, 4) is 0 Å². The van der Waals surface area contributed by atoms with Crippen LogP contribution in [0.3, 0.4) is 0 Å². The zero-order chi connectivity index (χ0) is 14.3. The molecule has 1 N–H and O–H groups in total. The predicted octanol–water partition coefficient (Wildman–Crippen LogP) is 3.70. The zero-order valence-corrected chi connectivity index (χ0v) is 10.9. The molecule has 0 spiro atoms. The van der Waals surface area contributed by atoms with E-state index >= 15 is 0 Å². The van der Waals surface area contributed by atoms with Crippen LogP contribution in [-0.2, 0) is 6.54 Å². The van der Waals surface area contributed by atoms with Crippen molar-refractivity contribution in [2.45, 2.75) is 6.54 Å². The average Bonchev–Trinajstić information content (AvgIpc) is 2.93. The van der Waals surface area contributed by atoms with Crippen LogP contribution in [0.1, 0.15) is 16.2 Å². The molecule has 0 fully saturated rings. The van der Waals surface area contributed by atoms with Crippen molar-refractivity contribution in [2.24, 2.45) is 0 Å². The van der Waals surface area contributed by atoms with Crippen molar-refractivity contribution in [3.63, 3.8) is 0 Å². The summed E-state index contributed by atoms with van der Waals surface area (Å²) in [4.78, 5) is 12.2. The lowest BCUT2D eigenvalue weighted by atomic mass is 10.3. The fourth-order valence-electron chi connectivity index (χ4n) is 2.14. The van der Waals surface area contributed by atoms with Crippen molar-refractivity contribution in [1.82, 2.24) is 4.57 Å². The zero-order valence-electron chi connectivity index (χ0n) is 10.2. The van der Waals surface area contributed by atoms with Gasteiger partial charge in [0.05, 0.1) is 5.02 Å². The van der Waals surface area contributed by atoms with E-state index in [0.717, 1.165) is 17.8 Å². The molecule has 0 aliphatic carbocycles. The molecule has 102 valence electrons. The maximum atomic E-state index is 13.1. The lowest BCUT2D eigenvalue weighted by molar-refractivity contribution is 0.101. The van der Waals surface area contributed by atoms with Gasteiger partial charge in [-0.3, -0.25) is 4.79 Å². The third-order valence-corrected chi connectivity index (χ3v) is 3.34. The number of amides is 1. The van der Waals surface area contributed by atoms with Gasteiger partial charge in [-0.1, -0.05) is 17.7 Å². The third-order valence-electron chi connectivity index (χ3n) is 3.05. The number of rotatable bonds is 2. The number of hydrogen-bond donors (Lipinski definition) is 1. The molecule has 0 saturated heterocycles. The highest BCUT2D eigenvalue weighted by Gasteiger charge is 2.21. The van der Waals surface area contributed by atoms with Gasteiger partial charge >= 0.3 is 0 Å². The molecule has 2 aromatic rings. The number of nitrogens with one attached hydrogen (secondary N) is 1. The maximum Gasteiger partial charge on any atom is 0.273 e. The lowest BCUT2D eigenvalue weighted by Gasteiger charge is -2.08. The quantitative estimate of drug-likeness (QED) is 0.900. The number of hydrogen-bond acceptors (Lipinski definition) is 1. The summed E-state index contributed by atoms with van der Waals surface area (Å²) in [6, 6.07) is 4.85. The van der Waals surface area contributed by atoms with E-state index in [2.05, 4.69) is 5.32 Å². The van der Waals surface area contributed by atoms with Crippen molar-refractivity contribution in [1.29, 1.82) is 0 Å². The molecule has 3 rings (SSSR count). The van der Waals surface area contributed by atoms with Crippen LogP contribution in [0.4, 0.5) is 14.5 Å². The fourth-order valence-corrected chi connectivity index (χ4v) is 2.44. The number of carbonyl (C=O) groups is 1. The molecular weight excluding hydrogens is 286 g/mol. The van der Waals surface area contributed by atoms with E-state index in [1.54, 1.807) is 10.6 Å². The molecule has 0 unspecified atom stereocenters. The summed E-state index contributed by atoms with van der Waals surface area (Å²) in [6.07, 6.45) is 3.76. The van der Waals surface area contributed by atoms with Gasteiger partial charge in [-0.05, 0) is 24.3 Å². The largest absolute Gasteiger partial charge is 0.332 e. The average molecular weight is 295 g/mol. The summed E-state index contributed by atoms with van der Waals surface area (Å²) in [7, 11) is 0. The van der Waals surface area contributed by atoms with Crippen LogP contribution in [0.5, 0.6) is 0 Å². The standard InChI is InChI=1S/C14H9ClF2N2O/c15-10-7-9-2-1-5-19(9)13(10)14(20)18-8-3-4-11(16)12(17)6-8/h1-4,6-7H,5H2,(H,18,20). The predicted molar refractivity (Wildman–Crippen MR) is 72.8 cm³/mol. The third kappa shape index (κ3) is 2.10. The van der Waals surface area contributed by atoms with Gasteiger partial charge in [-0.2, -0.15) is 0 Å². The number of benzene rings is 1. The second kappa shape index (κ2) is 4.76. The molecular formula is C14H9ClF2N2O. The summed E-state index contributed by atoms with van der Waals surface area (Å²) in [5.41, 5.74) is 1.31. The molecule has 0 atom stereocenters.